The third kappa shape index (κ3) is 2.89. The van der Waals surface area contributed by atoms with Gasteiger partial charge in [-0.25, -0.2) is 4.79 Å². The number of nitrogens with one attached hydrogen (secondary N) is 2. The van der Waals surface area contributed by atoms with E-state index < -0.39 is 0 Å². The van der Waals surface area contributed by atoms with Crippen LogP contribution in [0.1, 0.15) is 22.3 Å². The predicted molar refractivity (Wildman–Crippen MR) is 91.5 cm³/mol. The first-order valence-corrected chi connectivity index (χ1v) is 7.45. The lowest BCUT2D eigenvalue weighted by Gasteiger charge is -2.12. The third-order valence-electron chi connectivity index (χ3n) is 4.20. The minimum absolute atomic E-state index is 0.217. The van der Waals surface area contributed by atoms with Gasteiger partial charge in [0.2, 0.25) is 0 Å². The fraction of sp³-hybridized carbons (Fsp3) is 0.211. The molecule has 3 rings (SSSR count). The Labute approximate surface area is 131 Å². The molecule has 22 heavy (non-hydrogen) atoms. The number of urea groups is 1. The molecule has 0 unspecified atom stereocenters. The quantitative estimate of drug-likeness (QED) is 0.780. The number of benzene rings is 2. The van der Waals surface area contributed by atoms with E-state index in [-0.39, 0.29) is 6.03 Å². The highest BCUT2D eigenvalue weighted by atomic mass is 16.2. The summed E-state index contributed by atoms with van der Waals surface area (Å²) < 4.78 is 0. The van der Waals surface area contributed by atoms with Crippen LogP contribution in [0.25, 0.3) is 0 Å². The van der Waals surface area contributed by atoms with Gasteiger partial charge in [-0.3, -0.25) is 0 Å². The average Bonchev–Trinajstić information content (AvgIpc) is 2.83. The number of carbonyl (C=O) groups excluding carboxylic acids is 1. The van der Waals surface area contributed by atoms with Crippen molar-refractivity contribution < 1.29 is 4.79 Å². The summed E-state index contributed by atoms with van der Waals surface area (Å²) in [6.45, 7) is 8.07. The molecule has 0 heterocycles. The normalized spacial score (nSPS) is 12.9. The maximum absolute atomic E-state index is 12.2. The molecule has 3 heteroatoms. The van der Waals surface area contributed by atoms with E-state index in [1.807, 2.05) is 44.2 Å². The summed E-state index contributed by atoms with van der Waals surface area (Å²) in [5.41, 5.74) is 7.70. The zero-order chi connectivity index (χ0) is 15.7. The lowest BCUT2D eigenvalue weighted by atomic mass is 10.1. The highest BCUT2D eigenvalue weighted by molar-refractivity contribution is 6.00. The molecule has 2 N–H and O–H groups in total. The van der Waals surface area contributed by atoms with Crippen LogP contribution in [0.3, 0.4) is 0 Å². The number of fused-ring (bicyclic) bond motifs is 1. The van der Waals surface area contributed by atoms with Crippen molar-refractivity contribution in [1.29, 1.82) is 0 Å². The van der Waals surface area contributed by atoms with E-state index >= 15 is 0 Å². The lowest BCUT2D eigenvalue weighted by Crippen LogP contribution is -2.20. The molecule has 2 aromatic rings. The second-order valence-corrected chi connectivity index (χ2v) is 5.91. The molecular weight excluding hydrogens is 272 g/mol. The van der Waals surface area contributed by atoms with Crippen LogP contribution in [0.5, 0.6) is 0 Å². The fourth-order valence-corrected chi connectivity index (χ4v) is 2.81. The Hall–Kier alpha value is -2.55. The van der Waals surface area contributed by atoms with Crippen LogP contribution in [-0.2, 0) is 12.8 Å². The summed E-state index contributed by atoms with van der Waals surface area (Å²) >= 11 is 0. The number of rotatable bonds is 2. The van der Waals surface area contributed by atoms with Gasteiger partial charge in [0, 0.05) is 11.4 Å². The highest BCUT2D eigenvalue weighted by Gasteiger charge is 2.14. The minimum Gasteiger partial charge on any atom is -0.308 e. The molecule has 0 bridgehead atoms. The number of amides is 2. The van der Waals surface area contributed by atoms with Crippen LogP contribution in [-0.4, -0.2) is 6.03 Å². The molecule has 1 aliphatic rings. The van der Waals surface area contributed by atoms with Crippen LogP contribution in [0.15, 0.2) is 48.6 Å². The Balaban J connectivity index is 1.71. The van der Waals surface area contributed by atoms with E-state index in [9.17, 15) is 4.79 Å². The number of anilines is 2. The van der Waals surface area contributed by atoms with Crippen molar-refractivity contribution in [2.75, 3.05) is 10.6 Å². The SMILES string of the molecule is C=C1Cc2ccc(NC(=O)Nc3cccc(C)c3C)cc2C1. The molecular formula is C19H20N2O. The molecule has 0 fully saturated rings. The number of hydrogen-bond acceptors (Lipinski definition) is 1. The van der Waals surface area contributed by atoms with E-state index in [2.05, 4.69) is 23.3 Å². The van der Waals surface area contributed by atoms with E-state index in [0.717, 1.165) is 35.3 Å². The van der Waals surface area contributed by atoms with Gasteiger partial charge in [-0.05, 0) is 67.1 Å². The molecule has 112 valence electrons. The van der Waals surface area contributed by atoms with Gasteiger partial charge >= 0.3 is 6.03 Å². The summed E-state index contributed by atoms with van der Waals surface area (Å²) in [5.74, 6) is 0. The number of aryl methyl sites for hydroxylation is 1. The maximum Gasteiger partial charge on any atom is 0.323 e. The van der Waals surface area contributed by atoms with Crippen molar-refractivity contribution >= 4 is 17.4 Å². The Kier molecular flexibility index (Phi) is 3.72. The summed E-state index contributed by atoms with van der Waals surface area (Å²) in [5, 5.41) is 5.81. The standard InChI is InChI=1S/C19H20N2O/c1-12-9-15-7-8-17(11-16(15)10-12)20-19(22)21-18-6-4-5-13(2)14(18)3/h4-8,11H,1,9-10H2,2-3H3,(H2,20,21,22). The number of allylic oxidation sites excluding steroid dienone is 1. The van der Waals surface area contributed by atoms with Crippen LogP contribution in [0, 0.1) is 13.8 Å². The molecule has 2 amide bonds. The first-order chi connectivity index (χ1) is 10.5. The molecule has 1 aliphatic carbocycles. The first-order valence-electron chi connectivity index (χ1n) is 7.45. The summed E-state index contributed by atoms with van der Waals surface area (Å²) in [6.07, 6.45) is 1.85. The largest absolute Gasteiger partial charge is 0.323 e. The van der Waals surface area contributed by atoms with Gasteiger partial charge in [-0.1, -0.05) is 30.4 Å². The number of carbonyl (C=O) groups is 1. The molecule has 0 saturated heterocycles. The van der Waals surface area contributed by atoms with E-state index in [0.29, 0.717) is 0 Å². The van der Waals surface area contributed by atoms with Crippen LogP contribution >= 0.6 is 0 Å². The second-order valence-electron chi connectivity index (χ2n) is 5.91. The molecule has 0 aliphatic heterocycles. The van der Waals surface area contributed by atoms with Crippen molar-refractivity contribution in [2.24, 2.45) is 0 Å². The fourth-order valence-electron chi connectivity index (χ4n) is 2.81. The molecule has 0 spiro atoms. The van der Waals surface area contributed by atoms with E-state index in [1.165, 1.54) is 16.7 Å². The maximum atomic E-state index is 12.2. The van der Waals surface area contributed by atoms with Crippen molar-refractivity contribution in [1.82, 2.24) is 0 Å². The van der Waals surface area contributed by atoms with Crippen molar-refractivity contribution in [2.45, 2.75) is 26.7 Å². The summed E-state index contributed by atoms with van der Waals surface area (Å²) in [7, 11) is 0. The van der Waals surface area contributed by atoms with E-state index in [1.54, 1.807) is 0 Å². The average molecular weight is 292 g/mol. The van der Waals surface area contributed by atoms with Gasteiger partial charge in [0.15, 0.2) is 0 Å². The Morgan fingerprint density at radius 3 is 2.64 bits per heavy atom. The van der Waals surface area contributed by atoms with Gasteiger partial charge in [0.1, 0.15) is 0 Å². The Bertz CT molecular complexity index is 762. The molecule has 0 aromatic heterocycles. The second kappa shape index (κ2) is 5.68. The van der Waals surface area contributed by atoms with Crippen LogP contribution < -0.4 is 10.6 Å². The van der Waals surface area contributed by atoms with Crippen molar-refractivity contribution in [3.8, 4) is 0 Å². The molecule has 0 atom stereocenters. The van der Waals surface area contributed by atoms with Crippen molar-refractivity contribution in [3.63, 3.8) is 0 Å². The molecule has 3 nitrogen and oxygen atoms in total. The Morgan fingerprint density at radius 1 is 1.05 bits per heavy atom. The number of hydrogen-bond donors (Lipinski definition) is 2. The van der Waals surface area contributed by atoms with Crippen LogP contribution in [0.2, 0.25) is 0 Å². The zero-order valence-corrected chi connectivity index (χ0v) is 13.0. The third-order valence-corrected chi connectivity index (χ3v) is 4.20. The summed E-state index contributed by atoms with van der Waals surface area (Å²) in [6, 6.07) is 11.7. The smallest absolute Gasteiger partial charge is 0.308 e. The van der Waals surface area contributed by atoms with Crippen LogP contribution in [0.4, 0.5) is 16.2 Å². The first kappa shape index (κ1) is 14.4. The van der Waals surface area contributed by atoms with Gasteiger partial charge in [0.05, 0.1) is 0 Å². The lowest BCUT2D eigenvalue weighted by molar-refractivity contribution is 0.262. The Morgan fingerprint density at radius 2 is 1.82 bits per heavy atom. The minimum atomic E-state index is -0.217. The zero-order valence-electron chi connectivity index (χ0n) is 13.0. The summed E-state index contributed by atoms with van der Waals surface area (Å²) in [4.78, 5) is 12.2. The van der Waals surface area contributed by atoms with Gasteiger partial charge in [-0.15, -0.1) is 0 Å². The monoisotopic (exact) mass is 292 g/mol. The van der Waals surface area contributed by atoms with Gasteiger partial charge in [-0.2, -0.15) is 0 Å². The molecule has 0 radical (unpaired) electrons. The highest BCUT2D eigenvalue weighted by Crippen LogP contribution is 2.27. The van der Waals surface area contributed by atoms with Crippen molar-refractivity contribution in [3.05, 3.63) is 70.8 Å². The van der Waals surface area contributed by atoms with E-state index in [4.69, 9.17) is 0 Å². The van der Waals surface area contributed by atoms with Gasteiger partial charge < -0.3 is 10.6 Å². The molecule has 0 saturated carbocycles. The predicted octanol–water partition coefficient (Wildman–Crippen LogP) is 4.60. The van der Waals surface area contributed by atoms with Gasteiger partial charge in [0.25, 0.3) is 0 Å². The molecule has 2 aromatic carbocycles. The topological polar surface area (TPSA) is 41.1 Å².